The van der Waals surface area contributed by atoms with Crippen molar-refractivity contribution >= 4 is 11.7 Å². The highest BCUT2D eigenvalue weighted by Crippen LogP contribution is 2.15. The maximum Gasteiger partial charge on any atom is 0.345 e. The molecular weight excluding hydrogens is 196 g/mol. The molecule has 1 rings (SSSR count). The van der Waals surface area contributed by atoms with Gasteiger partial charge in [0.1, 0.15) is 5.75 Å². The van der Waals surface area contributed by atoms with Crippen molar-refractivity contribution in [3.8, 4) is 5.75 Å². The molecule has 0 heterocycles. The smallest absolute Gasteiger partial charge is 0.345 e. The summed E-state index contributed by atoms with van der Waals surface area (Å²) >= 11 is 0. The van der Waals surface area contributed by atoms with Crippen LogP contribution in [0.1, 0.15) is 0 Å². The minimum Gasteiger partial charge on any atom is -0.497 e. The number of nitrogens with zero attached hydrogens (tertiary/aromatic N) is 1. The van der Waals surface area contributed by atoms with Crippen LogP contribution < -0.4 is 10.1 Å². The number of ether oxygens (including phenoxy) is 1. The lowest BCUT2D eigenvalue weighted by atomic mass is 10.3. The first-order chi connectivity index (χ1) is 7.17. The molecule has 0 aliphatic carbocycles. The van der Waals surface area contributed by atoms with E-state index in [0.717, 1.165) is 10.8 Å². The second-order valence-electron chi connectivity index (χ2n) is 2.84. The van der Waals surface area contributed by atoms with Crippen LogP contribution in [0.5, 0.6) is 5.75 Å². The van der Waals surface area contributed by atoms with E-state index < -0.39 is 0 Å². The van der Waals surface area contributed by atoms with Gasteiger partial charge < -0.3 is 10.1 Å². The van der Waals surface area contributed by atoms with Crippen LogP contribution in [-0.4, -0.2) is 32.4 Å². The summed E-state index contributed by atoms with van der Waals surface area (Å²) in [6.07, 6.45) is 0. The number of hydrogen-bond acceptors (Lipinski definition) is 3. The van der Waals surface area contributed by atoms with Crippen LogP contribution in [0.2, 0.25) is 0 Å². The largest absolute Gasteiger partial charge is 0.497 e. The van der Waals surface area contributed by atoms with Crippen LogP contribution in [0, 0.1) is 0 Å². The first-order valence-corrected chi connectivity index (χ1v) is 4.40. The predicted octanol–water partition coefficient (Wildman–Crippen LogP) is 1.72. The molecule has 0 saturated heterocycles. The van der Waals surface area contributed by atoms with Crippen LogP contribution in [0.15, 0.2) is 24.3 Å². The van der Waals surface area contributed by atoms with Gasteiger partial charge in [0.2, 0.25) is 0 Å². The second-order valence-corrected chi connectivity index (χ2v) is 2.84. The van der Waals surface area contributed by atoms with Crippen LogP contribution in [0.3, 0.4) is 0 Å². The molecule has 0 spiro atoms. The Balaban J connectivity index is 2.61. The molecule has 0 atom stereocenters. The number of carbonyl (C=O) groups is 1. The van der Waals surface area contributed by atoms with E-state index in [2.05, 4.69) is 5.32 Å². The van der Waals surface area contributed by atoms with Crippen molar-refractivity contribution in [2.75, 3.05) is 26.6 Å². The van der Waals surface area contributed by atoms with Crippen molar-refractivity contribution in [2.24, 2.45) is 0 Å². The zero-order valence-corrected chi connectivity index (χ0v) is 8.98. The molecule has 1 N–H and O–H groups in total. The van der Waals surface area contributed by atoms with E-state index >= 15 is 0 Å². The van der Waals surface area contributed by atoms with Crippen molar-refractivity contribution < 1.29 is 14.4 Å². The third-order valence-corrected chi connectivity index (χ3v) is 1.90. The quantitative estimate of drug-likeness (QED) is 0.773. The lowest BCUT2D eigenvalue weighted by molar-refractivity contribution is -0.0598. The second kappa shape index (κ2) is 5.21. The van der Waals surface area contributed by atoms with Crippen LogP contribution in [-0.2, 0) is 4.84 Å². The van der Waals surface area contributed by atoms with Crippen molar-refractivity contribution in [3.63, 3.8) is 0 Å². The molecule has 15 heavy (non-hydrogen) atoms. The van der Waals surface area contributed by atoms with Crippen LogP contribution in [0.25, 0.3) is 0 Å². The molecule has 1 aromatic carbocycles. The highest BCUT2D eigenvalue weighted by atomic mass is 16.7. The molecule has 0 aliphatic heterocycles. The molecule has 0 saturated carbocycles. The molecule has 0 aromatic heterocycles. The van der Waals surface area contributed by atoms with Crippen LogP contribution >= 0.6 is 0 Å². The first-order valence-electron chi connectivity index (χ1n) is 4.40. The van der Waals surface area contributed by atoms with Gasteiger partial charge in [0.25, 0.3) is 0 Å². The fraction of sp³-hybridized carbons (Fsp3) is 0.300. The number of hydroxylamine groups is 2. The van der Waals surface area contributed by atoms with E-state index in [1.54, 1.807) is 31.4 Å². The normalized spacial score (nSPS) is 9.53. The third-order valence-electron chi connectivity index (χ3n) is 1.90. The SMILES string of the molecule is COc1ccc(NC(=O)N(C)OC)cc1. The Hall–Kier alpha value is -1.75. The number of benzene rings is 1. The molecule has 0 radical (unpaired) electrons. The van der Waals surface area contributed by atoms with Gasteiger partial charge in [0.05, 0.1) is 14.2 Å². The van der Waals surface area contributed by atoms with E-state index in [1.807, 2.05) is 0 Å². The highest BCUT2D eigenvalue weighted by Gasteiger charge is 2.06. The topological polar surface area (TPSA) is 50.8 Å². The van der Waals surface area contributed by atoms with Gasteiger partial charge in [0, 0.05) is 12.7 Å². The fourth-order valence-electron chi connectivity index (χ4n) is 0.959. The lowest BCUT2D eigenvalue weighted by Gasteiger charge is -2.14. The van der Waals surface area contributed by atoms with Gasteiger partial charge in [0.15, 0.2) is 0 Å². The number of hydrogen-bond donors (Lipinski definition) is 1. The van der Waals surface area contributed by atoms with Gasteiger partial charge >= 0.3 is 6.03 Å². The summed E-state index contributed by atoms with van der Waals surface area (Å²) in [5.41, 5.74) is 0.685. The number of nitrogens with one attached hydrogen (secondary N) is 1. The van der Waals surface area contributed by atoms with Gasteiger partial charge in [-0.2, -0.15) is 0 Å². The zero-order valence-electron chi connectivity index (χ0n) is 8.98. The molecule has 0 unspecified atom stereocenters. The summed E-state index contributed by atoms with van der Waals surface area (Å²) in [4.78, 5) is 16.1. The number of anilines is 1. The summed E-state index contributed by atoms with van der Waals surface area (Å²) in [6.45, 7) is 0. The van der Waals surface area contributed by atoms with E-state index in [4.69, 9.17) is 9.57 Å². The van der Waals surface area contributed by atoms with Gasteiger partial charge in [-0.15, -0.1) is 0 Å². The predicted molar refractivity (Wildman–Crippen MR) is 56.8 cm³/mol. The number of urea groups is 1. The maximum atomic E-state index is 11.4. The Morgan fingerprint density at radius 3 is 2.33 bits per heavy atom. The van der Waals surface area contributed by atoms with E-state index in [1.165, 1.54) is 14.2 Å². The molecule has 5 nitrogen and oxygen atoms in total. The number of rotatable bonds is 3. The number of carbonyl (C=O) groups excluding carboxylic acids is 1. The van der Waals surface area contributed by atoms with Gasteiger partial charge in [-0.3, -0.25) is 4.84 Å². The molecule has 2 amide bonds. The van der Waals surface area contributed by atoms with Crippen molar-refractivity contribution in [1.82, 2.24) is 5.06 Å². The Morgan fingerprint density at radius 1 is 1.27 bits per heavy atom. The lowest BCUT2D eigenvalue weighted by Crippen LogP contribution is -2.30. The molecule has 82 valence electrons. The zero-order chi connectivity index (χ0) is 11.3. The minimum atomic E-state index is -0.331. The minimum absolute atomic E-state index is 0.331. The Morgan fingerprint density at radius 2 is 1.87 bits per heavy atom. The Bertz CT molecular complexity index is 324. The van der Waals surface area contributed by atoms with Crippen molar-refractivity contribution in [3.05, 3.63) is 24.3 Å². The van der Waals surface area contributed by atoms with Gasteiger partial charge in [-0.25, -0.2) is 9.86 Å². The van der Waals surface area contributed by atoms with Crippen molar-refractivity contribution in [1.29, 1.82) is 0 Å². The van der Waals surface area contributed by atoms with Gasteiger partial charge in [-0.05, 0) is 24.3 Å². The van der Waals surface area contributed by atoms with Crippen LogP contribution in [0.4, 0.5) is 10.5 Å². The molecular formula is C10H14N2O3. The maximum absolute atomic E-state index is 11.4. The number of methoxy groups -OCH3 is 1. The molecule has 0 bridgehead atoms. The van der Waals surface area contributed by atoms with E-state index in [9.17, 15) is 4.79 Å². The summed E-state index contributed by atoms with van der Waals surface area (Å²) in [7, 11) is 4.54. The summed E-state index contributed by atoms with van der Waals surface area (Å²) in [6, 6.07) is 6.70. The average Bonchev–Trinajstić information content (AvgIpc) is 2.29. The summed E-state index contributed by atoms with van der Waals surface area (Å²) < 4.78 is 4.99. The Labute approximate surface area is 88.5 Å². The van der Waals surface area contributed by atoms with E-state index in [-0.39, 0.29) is 6.03 Å². The summed E-state index contributed by atoms with van der Waals surface area (Å²) in [5, 5.41) is 3.75. The monoisotopic (exact) mass is 210 g/mol. The standard InChI is InChI=1S/C10H14N2O3/c1-12(15-3)10(13)11-8-4-6-9(14-2)7-5-8/h4-7H,1-3H3,(H,11,13). The highest BCUT2D eigenvalue weighted by molar-refractivity contribution is 5.88. The van der Waals surface area contributed by atoms with Crippen molar-refractivity contribution in [2.45, 2.75) is 0 Å². The molecule has 1 aromatic rings. The third kappa shape index (κ3) is 3.14. The molecule has 0 fully saturated rings. The molecule has 5 heteroatoms. The average molecular weight is 210 g/mol. The number of amides is 2. The fourth-order valence-corrected chi connectivity index (χ4v) is 0.959. The molecule has 0 aliphatic rings. The first kappa shape index (κ1) is 11.3. The summed E-state index contributed by atoms with van der Waals surface area (Å²) in [5.74, 6) is 0.744. The Kier molecular flexibility index (Phi) is 3.93. The van der Waals surface area contributed by atoms with E-state index in [0.29, 0.717) is 5.69 Å². The van der Waals surface area contributed by atoms with Gasteiger partial charge in [-0.1, -0.05) is 0 Å².